The van der Waals surface area contributed by atoms with Gasteiger partial charge in [-0.15, -0.1) is 0 Å². The largest absolute Gasteiger partial charge is 0.352 e. The fourth-order valence-corrected chi connectivity index (χ4v) is 2.66. The second kappa shape index (κ2) is 5.94. The highest BCUT2D eigenvalue weighted by Crippen LogP contribution is 2.20. The minimum Gasteiger partial charge on any atom is -0.352 e. The Morgan fingerprint density at radius 3 is 2.50 bits per heavy atom. The summed E-state index contributed by atoms with van der Waals surface area (Å²) in [5, 5.41) is 2.62. The number of rotatable bonds is 3. The SMILES string of the molecule is Cc1ccc2cc(CCC3OCC(C)CO3)ccc2c1. The Morgan fingerprint density at radius 2 is 1.70 bits per heavy atom. The maximum atomic E-state index is 5.69. The van der Waals surface area contributed by atoms with Gasteiger partial charge in [-0.05, 0) is 29.7 Å². The molecule has 2 aromatic rings. The molecule has 0 aliphatic carbocycles. The van der Waals surface area contributed by atoms with Crippen LogP contribution in [0.2, 0.25) is 0 Å². The van der Waals surface area contributed by atoms with E-state index in [4.69, 9.17) is 9.47 Å². The lowest BCUT2D eigenvalue weighted by Crippen LogP contribution is -2.30. The van der Waals surface area contributed by atoms with Crippen molar-refractivity contribution >= 4 is 10.8 Å². The number of aryl methyl sites for hydroxylation is 2. The molecule has 0 atom stereocenters. The Kier molecular flexibility index (Phi) is 4.04. The quantitative estimate of drug-likeness (QED) is 0.836. The van der Waals surface area contributed by atoms with Crippen molar-refractivity contribution in [2.75, 3.05) is 13.2 Å². The van der Waals surface area contributed by atoms with Crippen molar-refractivity contribution in [2.24, 2.45) is 5.92 Å². The van der Waals surface area contributed by atoms with E-state index in [1.54, 1.807) is 0 Å². The predicted molar refractivity (Wildman–Crippen MR) is 81.9 cm³/mol. The van der Waals surface area contributed by atoms with E-state index in [9.17, 15) is 0 Å². The zero-order chi connectivity index (χ0) is 13.9. The fourth-order valence-electron chi connectivity index (χ4n) is 2.66. The molecule has 1 aliphatic heterocycles. The highest BCUT2D eigenvalue weighted by Gasteiger charge is 2.18. The summed E-state index contributed by atoms with van der Waals surface area (Å²) in [5.74, 6) is 0.523. The molecule has 3 rings (SSSR count). The van der Waals surface area contributed by atoms with Crippen LogP contribution in [0.3, 0.4) is 0 Å². The van der Waals surface area contributed by atoms with Crippen LogP contribution >= 0.6 is 0 Å². The topological polar surface area (TPSA) is 18.5 Å². The third-order valence-corrected chi connectivity index (χ3v) is 3.86. The van der Waals surface area contributed by atoms with Gasteiger partial charge in [0.25, 0.3) is 0 Å². The van der Waals surface area contributed by atoms with Crippen LogP contribution in [0.15, 0.2) is 36.4 Å². The summed E-state index contributed by atoms with van der Waals surface area (Å²) >= 11 is 0. The van der Waals surface area contributed by atoms with E-state index in [2.05, 4.69) is 50.2 Å². The average molecular weight is 270 g/mol. The lowest BCUT2D eigenvalue weighted by molar-refractivity contribution is -0.199. The Balaban J connectivity index is 1.64. The molecule has 1 aliphatic rings. The van der Waals surface area contributed by atoms with Gasteiger partial charge in [-0.25, -0.2) is 0 Å². The van der Waals surface area contributed by atoms with E-state index in [0.29, 0.717) is 5.92 Å². The summed E-state index contributed by atoms with van der Waals surface area (Å²) in [7, 11) is 0. The lowest BCUT2D eigenvalue weighted by Gasteiger charge is -2.27. The standard InChI is InChI=1S/C18H22O2/c1-13-3-6-17-10-15(4-7-16(17)9-13)5-8-18-19-11-14(2)12-20-18/h3-4,6-7,9-10,14,18H,5,8,11-12H2,1-2H3. The number of hydrogen-bond acceptors (Lipinski definition) is 2. The maximum Gasteiger partial charge on any atom is 0.157 e. The van der Waals surface area contributed by atoms with Gasteiger partial charge >= 0.3 is 0 Å². The van der Waals surface area contributed by atoms with Crippen LogP contribution in [0.5, 0.6) is 0 Å². The van der Waals surface area contributed by atoms with Crippen molar-refractivity contribution in [1.82, 2.24) is 0 Å². The molecule has 0 radical (unpaired) electrons. The van der Waals surface area contributed by atoms with Gasteiger partial charge < -0.3 is 9.47 Å². The first-order chi connectivity index (χ1) is 9.70. The zero-order valence-electron chi connectivity index (χ0n) is 12.3. The Labute approximate surface area is 120 Å². The highest BCUT2D eigenvalue weighted by atomic mass is 16.7. The summed E-state index contributed by atoms with van der Waals surface area (Å²) < 4.78 is 11.4. The molecule has 106 valence electrons. The van der Waals surface area contributed by atoms with E-state index >= 15 is 0 Å². The molecule has 0 saturated carbocycles. The molecule has 0 bridgehead atoms. The van der Waals surface area contributed by atoms with E-state index < -0.39 is 0 Å². The molecule has 1 heterocycles. The van der Waals surface area contributed by atoms with Crippen LogP contribution < -0.4 is 0 Å². The molecule has 0 amide bonds. The summed E-state index contributed by atoms with van der Waals surface area (Å²) in [6.07, 6.45) is 1.91. The Bertz CT molecular complexity index is 583. The van der Waals surface area contributed by atoms with Crippen molar-refractivity contribution in [2.45, 2.75) is 33.0 Å². The minimum absolute atomic E-state index is 0.0279. The highest BCUT2D eigenvalue weighted by molar-refractivity contribution is 5.83. The Morgan fingerprint density at radius 1 is 1.00 bits per heavy atom. The van der Waals surface area contributed by atoms with Crippen molar-refractivity contribution in [1.29, 1.82) is 0 Å². The zero-order valence-corrected chi connectivity index (χ0v) is 12.3. The van der Waals surface area contributed by atoms with Gasteiger partial charge in [-0.2, -0.15) is 0 Å². The first kappa shape index (κ1) is 13.6. The normalized spacial score (nSPS) is 23.1. The Hall–Kier alpha value is -1.38. The molecule has 2 aromatic carbocycles. The van der Waals surface area contributed by atoms with Crippen LogP contribution in [0.1, 0.15) is 24.5 Å². The van der Waals surface area contributed by atoms with E-state index in [1.807, 2.05) is 0 Å². The molecule has 0 aromatic heterocycles. The monoisotopic (exact) mass is 270 g/mol. The molecular weight excluding hydrogens is 248 g/mol. The third kappa shape index (κ3) is 3.20. The first-order valence-corrected chi connectivity index (χ1v) is 7.43. The molecule has 1 fully saturated rings. The fraction of sp³-hybridized carbons (Fsp3) is 0.444. The summed E-state index contributed by atoms with van der Waals surface area (Å²) in [6.45, 7) is 5.93. The number of hydrogen-bond donors (Lipinski definition) is 0. The van der Waals surface area contributed by atoms with Crippen LogP contribution in [0, 0.1) is 12.8 Å². The van der Waals surface area contributed by atoms with Gasteiger partial charge in [0.1, 0.15) is 0 Å². The second-order valence-corrected chi connectivity index (χ2v) is 5.93. The molecule has 2 nitrogen and oxygen atoms in total. The molecular formula is C18H22O2. The van der Waals surface area contributed by atoms with Crippen molar-refractivity contribution < 1.29 is 9.47 Å². The van der Waals surface area contributed by atoms with Crippen molar-refractivity contribution in [3.63, 3.8) is 0 Å². The van der Waals surface area contributed by atoms with E-state index in [0.717, 1.165) is 26.1 Å². The van der Waals surface area contributed by atoms with Crippen LogP contribution in [0.4, 0.5) is 0 Å². The number of benzene rings is 2. The van der Waals surface area contributed by atoms with Gasteiger partial charge in [0.05, 0.1) is 13.2 Å². The maximum absolute atomic E-state index is 5.69. The summed E-state index contributed by atoms with van der Waals surface area (Å²) in [5.41, 5.74) is 2.66. The predicted octanol–water partition coefficient (Wildman–Crippen LogP) is 4.09. The molecule has 0 spiro atoms. The van der Waals surface area contributed by atoms with Crippen LogP contribution in [0.25, 0.3) is 10.8 Å². The molecule has 0 unspecified atom stereocenters. The lowest BCUT2D eigenvalue weighted by atomic mass is 10.0. The number of ether oxygens (including phenoxy) is 2. The smallest absolute Gasteiger partial charge is 0.157 e. The van der Waals surface area contributed by atoms with Crippen LogP contribution in [-0.4, -0.2) is 19.5 Å². The molecule has 0 N–H and O–H groups in total. The number of fused-ring (bicyclic) bond motifs is 1. The van der Waals surface area contributed by atoms with Gasteiger partial charge in [-0.1, -0.05) is 48.9 Å². The van der Waals surface area contributed by atoms with Crippen molar-refractivity contribution in [3.8, 4) is 0 Å². The van der Waals surface area contributed by atoms with Gasteiger partial charge in [0.15, 0.2) is 6.29 Å². The summed E-state index contributed by atoms with van der Waals surface area (Å²) in [4.78, 5) is 0. The van der Waals surface area contributed by atoms with Crippen LogP contribution in [-0.2, 0) is 15.9 Å². The van der Waals surface area contributed by atoms with E-state index in [1.165, 1.54) is 21.9 Å². The first-order valence-electron chi connectivity index (χ1n) is 7.43. The molecule has 1 saturated heterocycles. The molecule has 20 heavy (non-hydrogen) atoms. The van der Waals surface area contributed by atoms with Gasteiger partial charge in [0.2, 0.25) is 0 Å². The summed E-state index contributed by atoms with van der Waals surface area (Å²) in [6, 6.07) is 13.3. The second-order valence-electron chi connectivity index (χ2n) is 5.93. The third-order valence-electron chi connectivity index (χ3n) is 3.86. The average Bonchev–Trinajstić information content (AvgIpc) is 2.46. The minimum atomic E-state index is -0.0279. The van der Waals surface area contributed by atoms with Gasteiger partial charge in [-0.3, -0.25) is 0 Å². The van der Waals surface area contributed by atoms with Crippen molar-refractivity contribution in [3.05, 3.63) is 47.5 Å². The molecule has 2 heteroatoms. The van der Waals surface area contributed by atoms with E-state index in [-0.39, 0.29) is 6.29 Å². The van der Waals surface area contributed by atoms with Gasteiger partial charge in [0, 0.05) is 12.3 Å².